The molecule has 1 aliphatic rings. The van der Waals surface area contributed by atoms with Crippen LogP contribution >= 0.6 is 0 Å². The summed E-state index contributed by atoms with van der Waals surface area (Å²) in [5.41, 5.74) is 1.39. The largest absolute Gasteiger partial charge is 0.508 e. The van der Waals surface area contributed by atoms with Crippen LogP contribution in [0.25, 0.3) is 0 Å². The molecule has 2 N–H and O–H groups in total. The lowest BCUT2D eigenvalue weighted by Gasteiger charge is -2.36. The van der Waals surface area contributed by atoms with Crippen LogP contribution in [-0.2, 0) is 6.18 Å². The van der Waals surface area contributed by atoms with E-state index in [4.69, 9.17) is 4.74 Å². The molecular weight excluding hydrogens is 571 g/mol. The summed E-state index contributed by atoms with van der Waals surface area (Å²) in [6.07, 6.45) is -4.66. The first kappa shape index (κ1) is 30.0. The van der Waals surface area contributed by atoms with Crippen molar-refractivity contribution in [3.63, 3.8) is 0 Å². The number of aromatic hydroxyl groups is 1. The van der Waals surface area contributed by atoms with Crippen molar-refractivity contribution in [2.24, 2.45) is 0 Å². The Morgan fingerprint density at radius 3 is 2.14 bits per heavy atom. The zero-order valence-corrected chi connectivity index (χ0v) is 23.7. The molecule has 1 aliphatic heterocycles. The predicted octanol–water partition coefficient (Wildman–Crippen LogP) is 6.03. The second kappa shape index (κ2) is 12.8. The number of anilines is 2. The maximum absolute atomic E-state index is 13.7. The number of carbonyl (C=O) groups excluding carboxylic acids is 2. The third kappa shape index (κ3) is 7.31. The highest BCUT2D eigenvalue weighted by Gasteiger charge is 2.32. The topological polar surface area (TPSA) is 82.1 Å². The fourth-order valence-corrected chi connectivity index (χ4v) is 4.77. The molecule has 44 heavy (non-hydrogen) atoms. The number of carbonyl (C=O) groups is 2. The molecule has 1 fully saturated rings. The van der Waals surface area contributed by atoms with E-state index in [-0.39, 0.29) is 22.8 Å². The molecule has 4 aromatic carbocycles. The minimum atomic E-state index is -4.66. The van der Waals surface area contributed by atoms with Crippen molar-refractivity contribution < 1.29 is 32.6 Å². The van der Waals surface area contributed by atoms with Crippen LogP contribution < -0.4 is 15.0 Å². The van der Waals surface area contributed by atoms with Crippen LogP contribution in [0.2, 0.25) is 0 Å². The Morgan fingerprint density at radius 1 is 0.818 bits per heavy atom. The maximum Gasteiger partial charge on any atom is 0.416 e. The average molecular weight is 600 g/mol. The summed E-state index contributed by atoms with van der Waals surface area (Å²) < 4.78 is 46.2. The fourth-order valence-electron chi connectivity index (χ4n) is 4.77. The Kier molecular flexibility index (Phi) is 8.76. The summed E-state index contributed by atoms with van der Waals surface area (Å²) in [7, 11) is 1.57. The molecule has 10 heteroatoms. The summed E-state index contributed by atoms with van der Waals surface area (Å²) in [5.74, 6) is 5.32. The normalized spacial score (nSPS) is 13.1. The van der Waals surface area contributed by atoms with E-state index in [0.29, 0.717) is 48.7 Å². The Hall–Kier alpha value is -5.43. The monoisotopic (exact) mass is 599 g/mol. The molecule has 1 heterocycles. The molecule has 1 saturated heterocycles. The van der Waals surface area contributed by atoms with E-state index in [1.165, 1.54) is 23.1 Å². The first-order chi connectivity index (χ1) is 21.1. The van der Waals surface area contributed by atoms with Crippen molar-refractivity contribution in [1.29, 1.82) is 0 Å². The van der Waals surface area contributed by atoms with Gasteiger partial charge in [0.15, 0.2) is 0 Å². The Morgan fingerprint density at radius 2 is 1.50 bits per heavy atom. The summed E-state index contributed by atoms with van der Waals surface area (Å²) in [4.78, 5) is 29.5. The highest BCUT2D eigenvalue weighted by atomic mass is 19.4. The smallest absolute Gasteiger partial charge is 0.416 e. The predicted molar refractivity (Wildman–Crippen MR) is 161 cm³/mol. The zero-order chi connectivity index (χ0) is 31.3. The number of amides is 2. The van der Waals surface area contributed by atoms with Gasteiger partial charge in [0.25, 0.3) is 11.8 Å². The molecule has 4 aromatic rings. The van der Waals surface area contributed by atoms with Gasteiger partial charge >= 0.3 is 6.18 Å². The molecule has 5 rings (SSSR count). The van der Waals surface area contributed by atoms with Gasteiger partial charge in [-0.05, 0) is 84.9 Å². The third-order valence-electron chi connectivity index (χ3n) is 7.11. The number of phenols is 1. The lowest BCUT2D eigenvalue weighted by atomic mass is 10.0. The van der Waals surface area contributed by atoms with Gasteiger partial charge in [-0.1, -0.05) is 17.9 Å². The maximum atomic E-state index is 13.7. The standard InChI is InChI=1S/C34H28F3N3O4/c1-44-31-13-9-28(10-14-31)38-32(42)25-7-11-29(12-8-25)39-15-17-40(18-16-39)33(43)26-19-24(20-27(22-26)34(35,36)37)6-5-23-3-2-4-30(41)21-23/h2-4,7-14,19-22,41H,15-18H2,1H3,(H,38,42). The summed E-state index contributed by atoms with van der Waals surface area (Å²) in [5, 5.41) is 12.5. The van der Waals surface area contributed by atoms with Gasteiger partial charge in [-0.15, -0.1) is 0 Å². The second-order valence-corrected chi connectivity index (χ2v) is 10.1. The number of hydrogen-bond acceptors (Lipinski definition) is 5. The molecule has 224 valence electrons. The summed E-state index contributed by atoms with van der Waals surface area (Å²) in [6, 6.07) is 23.3. The van der Waals surface area contributed by atoms with Crippen LogP contribution in [0.1, 0.15) is 37.4 Å². The number of halogens is 3. The first-order valence-electron chi connectivity index (χ1n) is 13.7. The van der Waals surface area contributed by atoms with Crippen molar-refractivity contribution in [3.05, 3.63) is 119 Å². The fraction of sp³-hybridized carbons (Fsp3) is 0.176. The van der Waals surface area contributed by atoms with E-state index in [1.807, 2.05) is 17.0 Å². The molecule has 0 unspecified atom stereocenters. The van der Waals surface area contributed by atoms with Gasteiger partial charge in [-0.3, -0.25) is 9.59 Å². The van der Waals surface area contributed by atoms with Crippen LogP contribution in [-0.4, -0.2) is 55.1 Å². The molecule has 0 radical (unpaired) electrons. The minimum absolute atomic E-state index is 0.0120. The number of rotatable bonds is 5. The van der Waals surface area contributed by atoms with Crippen LogP contribution in [0.3, 0.4) is 0 Å². The van der Waals surface area contributed by atoms with E-state index in [0.717, 1.165) is 17.8 Å². The number of nitrogens with one attached hydrogen (secondary N) is 1. The molecule has 0 saturated carbocycles. The minimum Gasteiger partial charge on any atom is -0.508 e. The van der Waals surface area contributed by atoms with E-state index in [2.05, 4.69) is 17.2 Å². The number of benzene rings is 4. The average Bonchev–Trinajstić information content (AvgIpc) is 3.03. The molecule has 0 bridgehead atoms. The van der Waals surface area contributed by atoms with Gasteiger partial charge in [-0.2, -0.15) is 13.2 Å². The first-order valence-corrected chi connectivity index (χ1v) is 13.7. The molecule has 0 aromatic heterocycles. The molecule has 2 amide bonds. The van der Waals surface area contributed by atoms with Crippen molar-refractivity contribution >= 4 is 23.2 Å². The van der Waals surface area contributed by atoms with Crippen molar-refractivity contribution in [2.75, 3.05) is 43.5 Å². The van der Waals surface area contributed by atoms with Crippen LogP contribution in [0.15, 0.2) is 91.0 Å². The van der Waals surface area contributed by atoms with Crippen molar-refractivity contribution in [3.8, 4) is 23.3 Å². The number of nitrogens with zero attached hydrogens (tertiary/aromatic N) is 2. The van der Waals surface area contributed by atoms with Gasteiger partial charge in [0.2, 0.25) is 0 Å². The van der Waals surface area contributed by atoms with Gasteiger partial charge in [0.05, 0.1) is 12.7 Å². The van der Waals surface area contributed by atoms with E-state index in [9.17, 15) is 27.9 Å². The van der Waals surface area contributed by atoms with Gasteiger partial charge in [0.1, 0.15) is 11.5 Å². The SMILES string of the molecule is COc1ccc(NC(=O)c2ccc(N3CCN(C(=O)c4cc(C#Cc5cccc(O)c5)cc(C(F)(F)F)c4)CC3)cc2)cc1. The van der Waals surface area contributed by atoms with E-state index >= 15 is 0 Å². The second-order valence-electron chi connectivity index (χ2n) is 10.1. The molecular formula is C34H28F3N3O4. The van der Waals surface area contributed by atoms with Gasteiger partial charge in [-0.25, -0.2) is 0 Å². The molecule has 0 atom stereocenters. The lowest BCUT2D eigenvalue weighted by molar-refractivity contribution is -0.137. The van der Waals surface area contributed by atoms with Crippen LogP contribution in [0.4, 0.5) is 24.5 Å². The Bertz CT molecular complexity index is 1720. The number of piperazine rings is 1. The summed E-state index contributed by atoms with van der Waals surface area (Å²) in [6.45, 7) is 1.54. The van der Waals surface area contributed by atoms with Gasteiger partial charge < -0.3 is 25.0 Å². The highest BCUT2D eigenvalue weighted by Crippen LogP contribution is 2.31. The van der Waals surface area contributed by atoms with Gasteiger partial charge in [0, 0.05) is 59.8 Å². The van der Waals surface area contributed by atoms with Crippen molar-refractivity contribution in [1.82, 2.24) is 4.90 Å². The lowest BCUT2D eigenvalue weighted by Crippen LogP contribution is -2.48. The van der Waals surface area contributed by atoms with E-state index < -0.39 is 17.6 Å². The van der Waals surface area contributed by atoms with E-state index in [1.54, 1.807) is 55.6 Å². The quantitative estimate of drug-likeness (QED) is 0.274. The number of alkyl halides is 3. The number of methoxy groups -OCH3 is 1. The number of ether oxygens (including phenoxy) is 1. The van der Waals surface area contributed by atoms with Crippen molar-refractivity contribution in [2.45, 2.75) is 6.18 Å². The number of hydrogen-bond donors (Lipinski definition) is 2. The van der Waals surface area contributed by atoms with Crippen LogP contribution in [0.5, 0.6) is 11.5 Å². The Balaban J connectivity index is 1.24. The molecule has 0 aliphatic carbocycles. The summed E-state index contributed by atoms with van der Waals surface area (Å²) >= 11 is 0. The third-order valence-corrected chi connectivity index (χ3v) is 7.11. The van der Waals surface area contributed by atoms with Crippen LogP contribution in [0, 0.1) is 11.8 Å². The highest BCUT2D eigenvalue weighted by molar-refractivity contribution is 6.04. The zero-order valence-electron chi connectivity index (χ0n) is 23.7. The number of phenolic OH excluding ortho intramolecular Hbond substituents is 1. The molecule has 7 nitrogen and oxygen atoms in total. The molecule has 0 spiro atoms. The Labute approximate surface area is 252 Å².